The van der Waals surface area contributed by atoms with Gasteiger partial charge in [-0.1, -0.05) is 23.7 Å². The van der Waals surface area contributed by atoms with E-state index < -0.39 is 0 Å². The Morgan fingerprint density at radius 3 is 2.33 bits per heavy atom. The summed E-state index contributed by atoms with van der Waals surface area (Å²) in [6.45, 7) is 0. The Bertz CT molecular complexity index is 450. The summed E-state index contributed by atoms with van der Waals surface area (Å²) in [6, 6.07) is 9.29. The van der Waals surface area contributed by atoms with E-state index in [1.807, 2.05) is 30.3 Å². The van der Waals surface area contributed by atoms with Crippen molar-refractivity contribution in [3.05, 3.63) is 57.4 Å². The third kappa shape index (κ3) is 2.39. The lowest BCUT2D eigenvalue weighted by molar-refractivity contribution is 0.537. The minimum absolute atomic E-state index is 0.226. The average molecular weight is 306 g/mol. The predicted octanol–water partition coefficient (Wildman–Crippen LogP) is 5.02. The van der Waals surface area contributed by atoms with Gasteiger partial charge in [-0.05, 0) is 39.7 Å². The quantitative estimate of drug-likeness (QED) is 0.710. The minimum atomic E-state index is -0.226. The van der Waals surface area contributed by atoms with Crippen LogP contribution in [0.2, 0.25) is 5.02 Å². The van der Waals surface area contributed by atoms with Crippen molar-refractivity contribution in [1.29, 1.82) is 0 Å². The normalized spacial score (nSPS) is 12.7. The molecule has 78 valence electrons. The van der Waals surface area contributed by atoms with Gasteiger partial charge >= 0.3 is 0 Å². The van der Waals surface area contributed by atoms with E-state index in [-0.39, 0.29) is 5.38 Å². The van der Waals surface area contributed by atoms with Crippen LogP contribution in [0, 0.1) is 0 Å². The van der Waals surface area contributed by atoms with Crippen molar-refractivity contribution in [2.45, 2.75) is 5.38 Å². The molecule has 15 heavy (non-hydrogen) atoms. The van der Waals surface area contributed by atoms with E-state index in [9.17, 15) is 0 Å². The Hall–Kier alpha value is -0.440. The van der Waals surface area contributed by atoms with Gasteiger partial charge in [0.15, 0.2) is 4.67 Å². The Kier molecular flexibility index (Phi) is 3.39. The molecule has 1 atom stereocenters. The van der Waals surface area contributed by atoms with Gasteiger partial charge in [0.2, 0.25) is 0 Å². The summed E-state index contributed by atoms with van der Waals surface area (Å²) in [5.41, 5.74) is 1.90. The second kappa shape index (κ2) is 4.60. The number of furan rings is 1. The third-order valence-corrected chi connectivity index (χ3v) is 3.47. The van der Waals surface area contributed by atoms with Gasteiger partial charge in [0.25, 0.3) is 0 Å². The summed E-state index contributed by atoms with van der Waals surface area (Å²) in [6.07, 6.45) is 1.60. The molecule has 1 unspecified atom stereocenters. The zero-order valence-corrected chi connectivity index (χ0v) is 10.7. The van der Waals surface area contributed by atoms with Crippen LogP contribution >= 0.6 is 39.1 Å². The van der Waals surface area contributed by atoms with Crippen molar-refractivity contribution >= 4 is 39.1 Å². The van der Waals surface area contributed by atoms with Crippen molar-refractivity contribution < 1.29 is 4.42 Å². The zero-order chi connectivity index (χ0) is 10.8. The predicted molar refractivity (Wildman–Crippen MR) is 65.6 cm³/mol. The van der Waals surface area contributed by atoms with Crippen LogP contribution < -0.4 is 0 Å². The van der Waals surface area contributed by atoms with Gasteiger partial charge < -0.3 is 4.42 Å². The maximum atomic E-state index is 6.30. The lowest BCUT2D eigenvalue weighted by atomic mass is 10.1. The molecule has 1 aromatic heterocycles. The molecule has 0 radical (unpaired) electrons. The average Bonchev–Trinajstić information content (AvgIpc) is 2.65. The number of benzene rings is 1. The molecule has 0 fully saturated rings. The highest BCUT2D eigenvalue weighted by Gasteiger charge is 2.15. The maximum absolute atomic E-state index is 6.30. The first-order valence-electron chi connectivity index (χ1n) is 4.31. The molecule has 0 bridgehead atoms. The summed E-state index contributed by atoms with van der Waals surface area (Å²) in [7, 11) is 0. The highest BCUT2D eigenvalue weighted by Crippen LogP contribution is 2.34. The van der Waals surface area contributed by atoms with Crippen LogP contribution in [0.25, 0.3) is 0 Å². The molecule has 1 nitrogen and oxygen atoms in total. The molecule has 0 spiro atoms. The summed E-state index contributed by atoms with van der Waals surface area (Å²) >= 11 is 15.4. The van der Waals surface area contributed by atoms with Gasteiger partial charge in [-0.15, -0.1) is 11.6 Å². The molecule has 0 amide bonds. The van der Waals surface area contributed by atoms with Crippen LogP contribution in [0.15, 0.2) is 45.7 Å². The lowest BCUT2D eigenvalue weighted by Gasteiger charge is -2.07. The van der Waals surface area contributed by atoms with Gasteiger partial charge in [-0.2, -0.15) is 0 Å². The molecule has 0 saturated carbocycles. The smallest absolute Gasteiger partial charge is 0.173 e. The van der Waals surface area contributed by atoms with E-state index in [0.717, 1.165) is 11.1 Å². The van der Waals surface area contributed by atoms with Gasteiger partial charge in [0, 0.05) is 10.6 Å². The van der Waals surface area contributed by atoms with Gasteiger partial charge in [-0.3, -0.25) is 0 Å². The topological polar surface area (TPSA) is 13.1 Å². The van der Waals surface area contributed by atoms with E-state index in [4.69, 9.17) is 27.6 Å². The molecule has 1 aromatic carbocycles. The van der Waals surface area contributed by atoms with Gasteiger partial charge in [0.1, 0.15) is 0 Å². The van der Waals surface area contributed by atoms with Crippen molar-refractivity contribution in [3.8, 4) is 0 Å². The zero-order valence-electron chi connectivity index (χ0n) is 7.58. The first-order chi connectivity index (χ1) is 7.18. The molecule has 2 aromatic rings. The second-order valence-electron chi connectivity index (χ2n) is 3.06. The molecule has 0 aliphatic heterocycles. The fourth-order valence-electron chi connectivity index (χ4n) is 1.30. The highest BCUT2D eigenvalue weighted by atomic mass is 79.9. The van der Waals surface area contributed by atoms with E-state index in [2.05, 4.69) is 15.9 Å². The fourth-order valence-corrected chi connectivity index (χ4v) is 2.34. The fraction of sp³-hybridized carbons (Fsp3) is 0.0909. The number of hydrogen-bond donors (Lipinski definition) is 0. The molecule has 4 heteroatoms. The molecular formula is C11H7BrCl2O. The Morgan fingerprint density at radius 2 is 1.80 bits per heavy atom. The summed E-state index contributed by atoms with van der Waals surface area (Å²) in [5.74, 6) is 0. The second-order valence-corrected chi connectivity index (χ2v) is 4.66. The number of halogens is 3. The van der Waals surface area contributed by atoms with Crippen LogP contribution in [0.3, 0.4) is 0 Å². The summed E-state index contributed by atoms with van der Waals surface area (Å²) < 4.78 is 5.80. The monoisotopic (exact) mass is 304 g/mol. The highest BCUT2D eigenvalue weighted by molar-refractivity contribution is 9.10. The van der Waals surface area contributed by atoms with Crippen LogP contribution in [-0.4, -0.2) is 0 Å². The lowest BCUT2D eigenvalue weighted by Crippen LogP contribution is -1.91. The van der Waals surface area contributed by atoms with Crippen LogP contribution in [0.1, 0.15) is 16.5 Å². The minimum Gasteiger partial charge on any atom is -0.457 e. The molecule has 0 aliphatic rings. The standard InChI is InChI=1S/C11H7BrCl2O/c12-11-9(5-6-15-11)10(14)7-1-3-8(13)4-2-7/h1-6,10H. The summed E-state index contributed by atoms with van der Waals surface area (Å²) in [5, 5.41) is 0.476. The van der Waals surface area contributed by atoms with Crippen molar-refractivity contribution in [2.75, 3.05) is 0 Å². The first kappa shape index (κ1) is 11.1. The SMILES string of the molecule is Clc1ccc(C(Cl)c2ccoc2Br)cc1. The van der Waals surface area contributed by atoms with E-state index >= 15 is 0 Å². The molecule has 1 heterocycles. The van der Waals surface area contributed by atoms with Crippen molar-refractivity contribution in [3.63, 3.8) is 0 Å². The van der Waals surface area contributed by atoms with Gasteiger partial charge in [0.05, 0.1) is 11.6 Å². The van der Waals surface area contributed by atoms with E-state index in [1.165, 1.54) is 0 Å². The Labute approximate surface area is 106 Å². The van der Waals surface area contributed by atoms with Crippen LogP contribution in [-0.2, 0) is 0 Å². The number of hydrogen-bond acceptors (Lipinski definition) is 1. The summed E-state index contributed by atoms with van der Waals surface area (Å²) in [4.78, 5) is 0. The van der Waals surface area contributed by atoms with E-state index in [1.54, 1.807) is 6.26 Å². The van der Waals surface area contributed by atoms with Gasteiger partial charge in [-0.25, -0.2) is 0 Å². The van der Waals surface area contributed by atoms with E-state index in [0.29, 0.717) is 9.69 Å². The molecule has 2 rings (SSSR count). The molecule has 0 N–H and O–H groups in total. The van der Waals surface area contributed by atoms with Crippen LogP contribution in [0.4, 0.5) is 0 Å². The third-order valence-electron chi connectivity index (χ3n) is 2.08. The van der Waals surface area contributed by atoms with Crippen molar-refractivity contribution in [1.82, 2.24) is 0 Å². The molecule has 0 aliphatic carbocycles. The largest absolute Gasteiger partial charge is 0.457 e. The Morgan fingerprint density at radius 1 is 1.13 bits per heavy atom. The molecule has 0 saturated heterocycles. The number of rotatable bonds is 2. The Balaban J connectivity index is 2.32. The maximum Gasteiger partial charge on any atom is 0.173 e. The first-order valence-corrected chi connectivity index (χ1v) is 5.91. The molecular weight excluding hydrogens is 299 g/mol. The van der Waals surface area contributed by atoms with Crippen molar-refractivity contribution in [2.24, 2.45) is 0 Å². The van der Waals surface area contributed by atoms with Crippen LogP contribution in [0.5, 0.6) is 0 Å². The number of alkyl halides is 1.